The van der Waals surface area contributed by atoms with Crippen molar-refractivity contribution in [3.05, 3.63) is 71.8 Å². The number of hydrogen-bond acceptors (Lipinski definition) is 3. The molecule has 0 aliphatic heterocycles. The molecule has 2 aromatic rings. The van der Waals surface area contributed by atoms with Crippen LogP contribution in [0.15, 0.2) is 65.8 Å². The quantitative estimate of drug-likeness (QED) is 0.677. The summed E-state index contributed by atoms with van der Waals surface area (Å²) in [4.78, 5) is 11.6. The molecule has 1 N–H and O–H groups in total. The van der Waals surface area contributed by atoms with Crippen molar-refractivity contribution in [2.45, 2.75) is 0 Å². The maximum absolute atomic E-state index is 11.6. The van der Waals surface area contributed by atoms with Gasteiger partial charge in [-0.1, -0.05) is 60.7 Å². The number of benzene rings is 2. The van der Waals surface area contributed by atoms with Crippen LogP contribution in [0.25, 0.3) is 0 Å². The summed E-state index contributed by atoms with van der Waals surface area (Å²) in [7, 11) is 0. The van der Waals surface area contributed by atoms with Crippen molar-refractivity contribution < 1.29 is 4.79 Å². The van der Waals surface area contributed by atoms with E-state index in [1.165, 1.54) is 11.8 Å². The molecule has 0 saturated carbocycles. The van der Waals surface area contributed by atoms with Crippen LogP contribution in [0.5, 0.6) is 0 Å². The highest BCUT2D eigenvalue weighted by Gasteiger charge is 2.07. The minimum Gasteiger partial charge on any atom is -0.272 e. The standard InChI is InChI=1S/C16H16N2OS/c1-20-12-15(19)17-18-16(13-8-4-2-5-9-13)14-10-6-3-7-11-14/h2-11H,12H2,1H3,(H,17,19). The van der Waals surface area contributed by atoms with Crippen molar-refractivity contribution in [1.29, 1.82) is 0 Å². The van der Waals surface area contributed by atoms with Gasteiger partial charge in [0.05, 0.1) is 11.5 Å². The number of carbonyl (C=O) groups is 1. The van der Waals surface area contributed by atoms with Crippen molar-refractivity contribution in [2.75, 3.05) is 12.0 Å². The Kier molecular flexibility index (Phi) is 5.38. The Labute approximate surface area is 123 Å². The lowest BCUT2D eigenvalue weighted by molar-refractivity contribution is -0.118. The Bertz CT molecular complexity index is 540. The smallest absolute Gasteiger partial charge is 0.250 e. The van der Waals surface area contributed by atoms with Gasteiger partial charge in [-0.05, 0) is 6.26 Å². The summed E-state index contributed by atoms with van der Waals surface area (Å²) in [5.74, 6) is 0.308. The second-order valence-corrected chi connectivity index (χ2v) is 5.03. The Morgan fingerprint density at radius 1 is 1.00 bits per heavy atom. The number of nitrogens with one attached hydrogen (secondary N) is 1. The number of thioether (sulfide) groups is 1. The van der Waals surface area contributed by atoms with Gasteiger partial charge in [0.2, 0.25) is 5.91 Å². The van der Waals surface area contributed by atoms with E-state index in [1.54, 1.807) is 0 Å². The Morgan fingerprint density at radius 3 is 1.95 bits per heavy atom. The van der Waals surface area contributed by atoms with Gasteiger partial charge in [0.15, 0.2) is 0 Å². The molecule has 1 amide bonds. The molecule has 0 aliphatic rings. The predicted molar refractivity (Wildman–Crippen MR) is 85.0 cm³/mol. The third kappa shape index (κ3) is 3.96. The van der Waals surface area contributed by atoms with Gasteiger partial charge in [0.1, 0.15) is 0 Å². The zero-order valence-corrected chi connectivity index (χ0v) is 12.1. The first-order valence-electron chi connectivity index (χ1n) is 6.27. The molecule has 0 fully saturated rings. The molecule has 0 unspecified atom stereocenters. The lowest BCUT2D eigenvalue weighted by Gasteiger charge is -2.07. The van der Waals surface area contributed by atoms with Crippen molar-refractivity contribution >= 4 is 23.4 Å². The van der Waals surface area contributed by atoms with E-state index >= 15 is 0 Å². The SMILES string of the molecule is CSCC(=O)NN=C(c1ccccc1)c1ccccc1. The summed E-state index contributed by atoms with van der Waals surface area (Å²) in [5, 5.41) is 4.29. The lowest BCUT2D eigenvalue weighted by atomic mass is 10.0. The van der Waals surface area contributed by atoms with Crippen LogP contribution in [0.2, 0.25) is 0 Å². The number of carbonyl (C=O) groups excluding carboxylic acids is 1. The van der Waals surface area contributed by atoms with Crippen LogP contribution in [0.4, 0.5) is 0 Å². The molecule has 3 nitrogen and oxygen atoms in total. The number of nitrogens with zero attached hydrogens (tertiary/aromatic N) is 1. The molecule has 0 spiro atoms. The average Bonchev–Trinajstić information content (AvgIpc) is 2.50. The topological polar surface area (TPSA) is 41.5 Å². The monoisotopic (exact) mass is 284 g/mol. The Balaban J connectivity index is 2.30. The van der Waals surface area contributed by atoms with Gasteiger partial charge in [-0.3, -0.25) is 4.79 Å². The predicted octanol–water partition coefficient (Wildman–Crippen LogP) is 2.92. The van der Waals surface area contributed by atoms with Crippen molar-refractivity contribution in [1.82, 2.24) is 5.43 Å². The van der Waals surface area contributed by atoms with Crippen LogP contribution >= 0.6 is 11.8 Å². The van der Waals surface area contributed by atoms with Gasteiger partial charge in [-0.2, -0.15) is 16.9 Å². The van der Waals surface area contributed by atoms with Crippen LogP contribution in [0.3, 0.4) is 0 Å². The van der Waals surface area contributed by atoms with Gasteiger partial charge in [0, 0.05) is 11.1 Å². The van der Waals surface area contributed by atoms with Gasteiger partial charge in [0.25, 0.3) is 0 Å². The van der Waals surface area contributed by atoms with Crippen molar-refractivity contribution in [3.8, 4) is 0 Å². The van der Waals surface area contributed by atoms with Crippen LogP contribution in [-0.4, -0.2) is 23.6 Å². The van der Waals surface area contributed by atoms with E-state index in [2.05, 4.69) is 10.5 Å². The van der Waals surface area contributed by atoms with Crippen molar-refractivity contribution in [3.63, 3.8) is 0 Å². The largest absolute Gasteiger partial charge is 0.272 e. The summed E-state index contributed by atoms with van der Waals surface area (Å²) in [5.41, 5.74) is 5.32. The molecule has 4 heteroatoms. The molecule has 2 aromatic carbocycles. The number of hydrazone groups is 1. The number of hydrogen-bond donors (Lipinski definition) is 1. The minimum atomic E-state index is -0.0955. The van der Waals surface area contributed by atoms with E-state index in [1.807, 2.05) is 66.9 Å². The maximum atomic E-state index is 11.6. The van der Waals surface area contributed by atoms with Gasteiger partial charge in [-0.15, -0.1) is 0 Å². The summed E-state index contributed by atoms with van der Waals surface area (Å²) in [6.07, 6.45) is 1.89. The first-order valence-corrected chi connectivity index (χ1v) is 7.67. The second kappa shape index (κ2) is 7.50. The molecule has 0 aliphatic carbocycles. The number of rotatable bonds is 5. The Morgan fingerprint density at radius 2 is 1.50 bits per heavy atom. The fourth-order valence-corrected chi connectivity index (χ4v) is 2.10. The van der Waals surface area contributed by atoms with Crippen LogP contribution in [0.1, 0.15) is 11.1 Å². The summed E-state index contributed by atoms with van der Waals surface area (Å²) in [6.45, 7) is 0. The zero-order valence-electron chi connectivity index (χ0n) is 11.2. The summed E-state index contributed by atoms with van der Waals surface area (Å²) >= 11 is 1.47. The fraction of sp³-hybridized carbons (Fsp3) is 0.125. The highest BCUT2D eigenvalue weighted by Crippen LogP contribution is 2.10. The van der Waals surface area contributed by atoms with Crippen molar-refractivity contribution in [2.24, 2.45) is 5.10 Å². The molecule has 0 bridgehead atoms. The molecular formula is C16H16N2OS. The van der Waals surface area contributed by atoms with E-state index in [0.29, 0.717) is 5.75 Å². The molecule has 0 atom stereocenters. The van der Waals surface area contributed by atoms with Crippen LogP contribution < -0.4 is 5.43 Å². The van der Waals surface area contributed by atoms with Crippen LogP contribution in [0, 0.1) is 0 Å². The Hall–Kier alpha value is -2.07. The molecule has 0 heterocycles. The second-order valence-electron chi connectivity index (χ2n) is 4.16. The van der Waals surface area contributed by atoms with Crippen LogP contribution in [-0.2, 0) is 4.79 Å². The molecule has 0 radical (unpaired) electrons. The molecule has 0 aromatic heterocycles. The highest BCUT2D eigenvalue weighted by atomic mass is 32.2. The zero-order chi connectivity index (χ0) is 14.2. The van der Waals surface area contributed by atoms with E-state index in [0.717, 1.165) is 16.8 Å². The van der Waals surface area contributed by atoms with E-state index < -0.39 is 0 Å². The van der Waals surface area contributed by atoms with Gasteiger partial charge < -0.3 is 0 Å². The number of amides is 1. The van der Waals surface area contributed by atoms with E-state index in [9.17, 15) is 4.79 Å². The average molecular weight is 284 g/mol. The van der Waals surface area contributed by atoms with E-state index in [-0.39, 0.29) is 5.91 Å². The lowest BCUT2D eigenvalue weighted by Crippen LogP contribution is -2.22. The fourth-order valence-electron chi connectivity index (χ4n) is 1.77. The third-order valence-corrected chi connectivity index (χ3v) is 3.21. The minimum absolute atomic E-state index is 0.0955. The molecular weight excluding hydrogens is 268 g/mol. The molecule has 0 saturated heterocycles. The molecule has 20 heavy (non-hydrogen) atoms. The normalized spacial score (nSPS) is 9.85. The van der Waals surface area contributed by atoms with Gasteiger partial charge in [-0.25, -0.2) is 5.43 Å². The summed E-state index contributed by atoms with van der Waals surface area (Å²) in [6, 6.07) is 19.7. The molecule has 102 valence electrons. The highest BCUT2D eigenvalue weighted by molar-refractivity contribution is 7.99. The first-order chi connectivity index (χ1) is 9.81. The third-order valence-electron chi connectivity index (χ3n) is 2.66. The summed E-state index contributed by atoms with van der Waals surface area (Å²) < 4.78 is 0. The van der Waals surface area contributed by atoms with Gasteiger partial charge >= 0.3 is 0 Å². The first kappa shape index (κ1) is 14.3. The molecule has 2 rings (SSSR count). The maximum Gasteiger partial charge on any atom is 0.250 e. The van der Waals surface area contributed by atoms with E-state index in [4.69, 9.17) is 0 Å².